The van der Waals surface area contributed by atoms with E-state index in [2.05, 4.69) is 6.92 Å². The SMILES string of the molecule is C[C@H]1[C@H](C)CCC[C@H]1F. The van der Waals surface area contributed by atoms with Crippen molar-refractivity contribution in [2.24, 2.45) is 11.8 Å². The van der Waals surface area contributed by atoms with Crippen LogP contribution in [0.5, 0.6) is 0 Å². The van der Waals surface area contributed by atoms with Crippen molar-refractivity contribution in [3.05, 3.63) is 0 Å². The lowest BCUT2D eigenvalue weighted by Crippen LogP contribution is -2.24. The highest BCUT2D eigenvalue weighted by Gasteiger charge is 2.26. The van der Waals surface area contributed by atoms with Gasteiger partial charge in [0.1, 0.15) is 6.17 Å². The third-order valence-electron chi connectivity index (χ3n) is 2.61. The van der Waals surface area contributed by atoms with Crippen LogP contribution in [0.15, 0.2) is 0 Å². The van der Waals surface area contributed by atoms with Gasteiger partial charge >= 0.3 is 0 Å². The van der Waals surface area contributed by atoms with Gasteiger partial charge in [-0.15, -0.1) is 0 Å². The average molecular weight is 130 g/mol. The first-order chi connectivity index (χ1) is 4.22. The quantitative estimate of drug-likeness (QED) is 0.473. The van der Waals surface area contributed by atoms with E-state index in [1.165, 1.54) is 6.42 Å². The van der Waals surface area contributed by atoms with Crippen molar-refractivity contribution >= 4 is 0 Å². The van der Waals surface area contributed by atoms with Crippen molar-refractivity contribution in [3.63, 3.8) is 0 Å². The molecule has 0 aromatic rings. The predicted molar refractivity (Wildman–Crippen MR) is 37.1 cm³/mol. The molecule has 1 fully saturated rings. The van der Waals surface area contributed by atoms with Crippen LogP contribution >= 0.6 is 0 Å². The summed E-state index contributed by atoms with van der Waals surface area (Å²) in [7, 11) is 0. The summed E-state index contributed by atoms with van der Waals surface area (Å²) in [4.78, 5) is 0. The second-order valence-electron chi connectivity index (χ2n) is 3.28. The molecule has 0 aromatic heterocycles. The maximum absolute atomic E-state index is 12.8. The first-order valence-corrected chi connectivity index (χ1v) is 3.86. The third kappa shape index (κ3) is 1.44. The van der Waals surface area contributed by atoms with Crippen molar-refractivity contribution < 1.29 is 4.39 Å². The molecule has 3 atom stereocenters. The van der Waals surface area contributed by atoms with Crippen LogP contribution in [0.25, 0.3) is 0 Å². The van der Waals surface area contributed by atoms with Gasteiger partial charge in [-0.3, -0.25) is 0 Å². The summed E-state index contributed by atoms with van der Waals surface area (Å²) in [6, 6.07) is 0. The van der Waals surface area contributed by atoms with E-state index in [1.54, 1.807) is 0 Å². The molecule has 0 aromatic carbocycles. The molecular formula is C8H15F. The molecule has 1 saturated carbocycles. The minimum absolute atomic E-state index is 0.304. The Labute approximate surface area is 56.5 Å². The Bertz CT molecular complexity index is 80.6. The van der Waals surface area contributed by atoms with Gasteiger partial charge in [-0.2, -0.15) is 0 Å². The monoisotopic (exact) mass is 130 g/mol. The van der Waals surface area contributed by atoms with Gasteiger partial charge in [0.2, 0.25) is 0 Å². The van der Waals surface area contributed by atoms with Crippen LogP contribution in [0.1, 0.15) is 33.1 Å². The lowest BCUT2D eigenvalue weighted by molar-refractivity contribution is 0.130. The predicted octanol–water partition coefficient (Wildman–Crippen LogP) is 2.78. The molecule has 0 aliphatic heterocycles. The molecule has 0 nitrogen and oxygen atoms in total. The summed E-state index contributed by atoms with van der Waals surface area (Å²) in [6.45, 7) is 4.17. The van der Waals surface area contributed by atoms with E-state index in [-0.39, 0.29) is 0 Å². The number of hydrogen-bond acceptors (Lipinski definition) is 0. The van der Waals surface area contributed by atoms with Gasteiger partial charge in [-0.25, -0.2) is 4.39 Å². The number of hydrogen-bond donors (Lipinski definition) is 0. The molecule has 0 spiro atoms. The summed E-state index contributed by atoms with van der Waals surface area (Å²) in [6.07, 6.45) is 2.59. The molecule has 1 aliphatic carbocycles. The summed E-state index contributed by atoms with van der Waals surface area (Å²) in [5.41, 5.74) is 0. The Balaban J connectivity index is 2.41. The van der Waals surface area contributed by atoms with Crippen molar-refractivity contribution in [2.75, 3.05) is 0 Å². The van der Waals surface area contributed by atoms with Crippen molar-refractivity contribution in [3.8, 4) is 0 Å². The molecule has 0 unspecified atom stereocenters. The minimum Gasteiger partial charge on any atom is -0.247 e. The van der Waals surface area contributed by atoms with Gasteiger partial charge in [0.05, 0.1) is 0 Å². The van der Waals surface area contributed by atoms with Gasteiger partial charge < -0.3 is 0 Å². The fourth-order valence-electron chi connectivity index (χ4n) is 1.52. The Morgan fingerprint density at radius 1 is 1.22 bits per heavy atom. The van der Waals surface area contributed by atoms with Crippen molar-refractivity contribution in [1.82, 2.24) is 0 Å². The number of rotatable bonds is 0. The van der Waals surface area contributed by atoms with Crippen molar-refractivity contribution in [2.45, 2.75) is 39.3 Å². The lowest BCUT2D eigenvalue weighted by Gasteiger charge is -2.28. The third-order valence-corrected chi connectivity index (χ3v) is 2.61. The normalized spacial score (nSPS) is 45.0. The minimum atomic E-state index is -0.520. The fourth-order valence-corrected chi connectivity index (χ4v) is 1.52. The molecule has 0 radical (unpaired) electrons. The molecule has 0 amide bonds. The number of halogens is 1. The first kappa shape index (κ1) is 7.04. The molecular weight excluding hydrogens is 115 g/mol. The van der Waals surface area contributed by atoms with E-state index < -0.39 is 6.17 Å². The molecule has 1 rings (SSSR count). The second kappa shape index (κ2) is 2.68. The molecule has 0 saturated heterocycles. The molecule has 54 valence electrons. The Hall–Kier alpha value is -0.0700. The van der Waals surface area contributed by atoms with Crippen molar-refractivity contribution in [1.29, 1.82) is 0 Å². The van der Waals surface area contributed by atoms with Gasteiger partial charge in [-0.1, -0.05) is 26.7 Å². The Kier molecular flexibility index (Phi) is 2.09. The van der Waals surface area contributed by atoms with Crippen LogP contribution in [-0.2, 0) is 0 Å². The highest BCUT2D eigenvalue weighted by Crippen LogP contribution is 2.31. The Morgan fingerprint density at radius 2 is 1.89 bits per heavy atom. The van der Waals surface area contributed by atoms with Gasteiger partial charge in [0.25, 0.3) is 0 Å². The molecule has 0 heterocycles. The van der Waals surface area contributed by atoms with Crippen LogP contribution in [0, 0.1) is 11.8 Å². The van der Waals surface area contributed by atoms with E-state index in [9.17, 15) is 4.39 Å². The zero-order valence-electron chi connectivity index (χ0n) is 6.23. The second-order valence-corrected chi connectivity index (χ2v) is 3.28. The summed E-state index contributed by atoms with van der Waals surface area (Å²) in [5, 5.41) is 0. The topological polar surface area (TPSA) is 0 Å². The highest BCUT2D eigenvalue weighted by molar-refractivity contribution is 4.75. The summed E-state index contributed by atoms with van der Waals surface area (Å²) in [5.74, 6) is 0.910. The zero-order valence-corrected chi connectivity index (χ0v) is 6.23. The van der Waals surface area contributed by atoms with E-state index in [1.807, 2.05) is 6.92 Å². The van der Waals surface area contributed by atoms with Crippen LogP contribution in [0.2, 0.25) is 0 Å². The van der Waals surface area contributed by atoms with E-state index in [0.29, 0.717) is 11.8 Å². The zero-order chi connectivity index (χ0) is 6.85. The van der Waals surface area contributed by atoms with Crippen LogP contribution in [0.3, 0.4) is 0 Å². The first-order valence-electron chi connectivity index (χ1n) is 3.86. The number of alkyl halides is 1. The molecule has 9 heavy (non-hydrogen) atoms. The fraction of sp³-hybridized carbons (Fsp3) is 1.00. The largest absolute Gasteiger partial charge is 0.247 e. The molecule has 1 heteroatoms. The van der Waals surface area contributed by atoms with E-state index >= 15 is 0 Å². The summed E-state index contributed by atoms with van der Waals surface area (Å²) < 4.78 is 12.8. The smallest absolute Gasteiger partial charge is 0.103 e. The van der Waals surface area contributed by atoms with Gasteiger partial charge in [-0.05, 0) is 18.3 Å². The van der Waals surface area contributed by atoms with Crippen LogP contribution in [0.4, 0.5) is 4.39 Å². The maximum Gasteiger partial charge on any atom is 0.103 e. The highest BCUT2D eigenvalue weighted by atomic mass is 19.1. The molecule has 0 N–H and O–H groups in total. The van der Waals surface area contributed by atoms with Gasteiger partial charge in [0.15, 0.2) is 0 Å². The lowest BCUT2D eigenvalue weighted by atomic mass is 9.80. The van der Waals surface area contributed by atoms with Crippen LogP contribution in [-0.4, -0.2) is 6.17 Å². The average Bonchev–Trinajstić information content (AvgIpc) is 1.83. The van der Waals surface area contributed by atoms with E-state index in [4.69, 9.17) is 0 Å². The maximum atomic E-state index is 12.8. The van der Waals surface area contributed by atoms with Crippen LogP contribution < -0.4 is 0 Å². The van der Waals surface area contributed by atoms with E-state index in [0.717, 1.165) is 12.8 Å². The molecule has 1 aliphatic rings. The summed E-state index contributed by atoms with van der Waals surface area (Å²) >= 11 is 0. The van der Waals surface area contributed by atoms with Gasteiger partial charge in [0, 0.05) is 0 Å². The molecule has 0 bridgehead atoms. The standard InChI is InChI=1S/C8H15F/c1-6-4-3-5-8(9)7(6)2/h6-8H,3-5H2,1-2H3/t6-,7+,8-/m1/s1. The Morgan fingerprint density at radius 3 is 2.33 bits per heavy atom.